The number of nitrogens with zero attached hydrogens (tertiary/aromatic N) is 2. The molecule has 0 saturated carbocycles. The third-order valence-electron chi connectivity index (χ3n) is 4.75. The van der Waals surface area contributed by atoms with E-state index in [4.69, 9.17) is 5.11 Å². The van der Waals surface area contributed by atoms with Gasteiger partial charge in [0, 0.05) is 32.1 Å². The van der Waals surface area contributed by atoms with Crippen molar-refractivity contribution in [1.29, 1.82) is 0 Å². The summed E-state index contributed by atoms with van der Waals surface area (Å²) in [5, 5.41) is 9.06. The van der Waals surface area contributed by atoms with Gasteiger partial charge in [-0.1, -0.05) is 18.2 Å². The first kappa shape index (κ1) is 16.9. The van der Waals surface area contributed by atoms with Gasteiger partial charge in [-0.25, -0.2) is 8.42 Å². The molecule has 0 spiro atoms. The first-order chi connectivity index (χ1) is 11.4. The molecule has 130 valence electrons. The topological polar surface area (TPSA) is 95.0 Å². The Hall–Kier alpha value is -1.93. The summed E-state index contributed by atoms with van der Waals surface area (Å²) in [6.45, 7) is 0.900. The number of hydrogen-bond donors (Lipinski definition) is 1. The third kappa shape index (κ3) is 3.16. The highest BCUT2D eigenvalue weighted by molar-refractivity contribution is 7.89. The number of sulfonamides is 1. The van der Waals surface area contributed by atoms with E-state index in [-0.39, 0.29) is 29.8 Å². The quantitative estimate of drug-likeness (QED) is 0.864. The summed E-state index contributed by atoms with van der Waals surface area (Å²) in [5.41, 5.74) is 0. The highest BCUT2D eigenvalue weighted by Gasteiger charge is 2.40. The van der Waals surface area contributed by atoms with E-state index in [0.29, 0.717) is 25.9 Å². The van der Waals surface area contributed by atoms with Crippen LogP contribution in [0.2, 0.25) is 0 Å². The van der Waals surface area contributed by atoms with Crippen molar-refractivity contribution in [2.75, 3.05) is 19.6 Å². The summed E-state index contributed by atoms with van der Waals surface area (Å²) < 4.78 is 26.6. The highest BCUT2D eigenvalue weighted by atomic mass is 32.2. The van der Waals surface area contributed by atoms with Crippen LogP contribution in [0.1, 0.15) is 19.3 Å². The fourth-order valence-corrected chi connectivity index (χ4v) is 4.88. The van der Waals surface area contributed by atoms with Gasteiger partial charge in [-0.3, -0.25) is 9.59 Å². The molecular weight excluding hydrogens is 332 g/mol. The van der Waals surface area contributed by atoms with Crippen molar-refractivity contribution in [2.24, 2.45) is 5.92 Å². The van der Waals surface area contributed by atoms with Crippen molar-refractivity contribution in [3.8, 4) is 0 Å². The molecule has 3 rings (SSSR count). The predicted molar refractivity (Wildman–Crippen MR) is 85.7 cm³/mol. The lowest BCUT2D eigenvalue weighted by Gasteiger charge is -2.36. The van der Waals surface area contributed by atoms with E-state index in [0.717, 1.165) is 0 Å². The van der Waals surface area contributed by atoms with Crippen LogP contribution < -0.4 is 0 Å². The SMILES string of the molecule is O=C(O)C1CC(=O)N(C2CCN(S(=O)(=O)c3ccccc3)CC2)C1. The summed E-state index contributed by atoms with van der Waals surface area (Å²) in [6.07, 6.45) is 1.10. The Labute approximate surface area is 140 Å². The molecule has 1 atom stereocenters. The second kappa shape index (κ2) is 6.52. The van der Waals surface area contributed by atoms with Crippen molar-refractivity contribution in [3.63, 3.8) is 0 Å². The number of amides is 1. The molecule has 7 nitrogen and oxygen atoms in total. The molecule has 2 saturated heterocycles. The Morgan fingerprint density at radius 2 is 1.75 bits per heavy atom. The number of piperidine rings is 1. The first-order valence-electron chi connectivity index (χ1n) is 7.97. The molecule has 0 radical (unpaired) electrons. The van der Waals surface area contributed by atoms with E-state index >= 15 is 0 Å². The van der Waals surface area contributed by atoms with E-state index in [1.807, 2.05) is 0 Å². The molecule has 24 heavy (non-hydrogen) atoms. The monoisotopic (exact) mass is 352 g/mol. The zero-order valence-corrected chi connectivity index (χ0v) is 14.0. The van der Waals surface area contributed by atoms with Crippen molar-refractivity contribution in [3.05, 3.63) is 30.3 Å². The van der Waals surface area contributed by atoms with Gasteiger partial charge in [-0.2, -0.15) is 4.31 Å². The van der Waals surface area contributed by atoms with Crippen LogP contribution in [0.15, 0.2) is 35.2 Å². The molecular formula is C16H20N2O5S. The molecule has 2 heterocycles. The molecule has 0 bridgehead atoms. The first-order valence-corrected chi connectivity index (χ1v) is 9.41. The van der Waals surface area contributed by atoms with Crippen LogP contribution in [0.4, 0.5) is 0 Å². The van der Waals surface area contributed by atoms with Crippen LogP contribution in [-0.2, 0) is 19.6 Å². The molecule has 1 amide bonds. The Bertz CT molecular complexity index is 726. The number of carbonyl (C=O) groups excluding carboxylic acids is 1. The minimum atomic E-state index is -3.51. The van der Waals surface area contributed by atoms with Gasteiger partial charge < -0.3 is 10.0 Å². The van der Waals surface area contributed by atoms with Gasteiger partial charge >= 0.3 is 5.97 Å². The minimum absolute atomic E-state index is 0.0395. The van der Waals surface area contributed by atoms with Crippen molar-refractivity contribution in [2.45, 2.75) is 30.2 Å². The molecule has 1 aromatic rings. The molecule has 2 aliphatic heterocycles. The Kier molecular flexibility index (Phi) is 4.60. The van der Waals surface area contributed by atoms with E-state index in [1.165, 1.54) is 4.31 Å². The number of carboxylic acid groups (broad SMARTS) is 1. The molecule has 2 fully saturated rings. The van der Waals surface area contributed by atoms with E-state index in [9.17, 15) is 18.0 Å². The fourth-order valence-electron chi connectivity index (χ4n) is 3.39. The molecule has 1 aromatic carbocycles. The summed E-state index contributed by atoms with van der Waals surface area (Å²) in [6, 6.07) is 8.21. The lowest BCUT2D eigenvalue weighted by molar-refractivity contribution is -0.141. The Morgan fingerprint density at radius 3 is 2.29 bits per heavy atom. The maximum atomic E-state index is 12.6. The van der Waals surface area contributed by atoms with E-state index in [1.54, 1.807) is 35.2 Å². The average Bonchev–Trinajstić information content (AvgIpc) is 2.98. The van der Waals surface area contributed by atoms with Gasteiger partial charge in [0.05, 0.1) is 10.8 Å². The van der Waals surface area contributed by atoms with Gasteiger partial charge in [0.1, 0.15) is 0 Å². The second-order valence-corrected chi connectivity index (χ2v) is 8.17. The van der Waals surface area contributed by atoms with Crippen molar-refractivity contribution in [1.82, 2.24) is 9.21 Å². The largest absolute Gasteiger partial charge is 0.481 e. The molecule has 1 unspecified atom stereocenters. The fraction of sp³-hybridized carbons (Fsp3) is 0.500. The van der Waals surface area contributed by atoms with Crippen molar-refractivity contribution < 1.29 is 23.1 Å². The van der Waals surface area contributed by atoms with Gasteiger partial charge in [0.25, 0.3) is 0 Å². The number of benzene rings is 1. The maximum Gasteiger partial charge on any atom is 0.308 e. The van der Waals surface area contributed by atoms with Crippen LogP contribution >= 0.6 is 0 Å². The summed E-state index contributed by atoms with van der Waals surface area (Å²) in [5.74, 6) is -1.75. The number of rotatable bonds is 4. The summed E-state index contributed by atoms with van der Waals surface area (Å²) >= 11 is 0. The summed E-state index contributed by atoms with van der Waals surface area (Å²) in [7, 11) is -3.51. The van der Waals surface area contributed by atoms with Crippen LogP contribution in [0.3, 0.4) is 0 Å². The third-order valence-corrected chi connectivity index (χ3v) is 6.67. The molecule has 0 aromatic heterocycles. The standard InChI is InChI=1S/C16H20N2O5S/c19-15-10-12(16(20)21)11-18(15)13-6-8-17(9-7-13)24(22,23)14-4-2-1-3-5-14/h1-5,12-13H,6-11H2,(H,20,21). The molecule has 2 aliphatic rings. The van der Waals surface area contributed by atoms with Crippen LogP contribution in [0.5, 0.6) is 0 Å². The zero-order chi connectivity index (χ0) is 17.3. The highest BCUT2D eigenvalue weighted by Crippen LogP contribution is 2.28. The van der Waals surface area contributed by atoms with Crippen LogP contribution in [-0.4, -0.2) is 60.3 Å². The Balaban J connectivity index is 1.64. The minimum Gasteiger partial charge on any atom is -0.481 e. The number of carbonyl (C=O) groups is 2. The van der Waals surface area contributed by atoms with Crippen molar-refractivity contribution >= 4 is 21.9 Å². The normalized spacial score (nSPS) is 23.6. The van der Waals surface area contributed by atoms with E-state index < -0.39 is 21.9 Å². The van der Waals surface area contributed by atoms with Gasteiger partial charge in [-0.15, -0.1) is 0 Å². The predicted octanol–water partition coefficient (Wildman–Crippen LogP) is 0.773. The number of aliphatic carboxylic acids is 1. The number of hydrogen-bond acceptors (Lipinski definition) is 4. The maximum absolute atomic E-state index is 12.6. The van der Waals surface area contributed by atoms with Gasteiger partial charge in [-0.05, 0) is 25.0 Å². The van der Waals surface area contributed by atoms with Gasteiger partial charge in [0.2, 0.25) is 15.9 Å². The Morgan fingerprint density at radius 1 is 1.12 bits per heavy atom. The van der Waals surface area contributed by atoms with Crippen LogP contribution in [0, 0.1) is 5.92 Å². The number of likely N-dealkylation sites (tertiary alicyclic amines) is 1. The zero-order valence-electron chi connectivity index (χ0n) is 13.2. The smallest absolute Gasteiger partial charge is 0.308 e. The molecule has 0 aliphatic carbocycles. The lowest BCUT2D eigenvalue weighted by atomic mass is 10.1. The summed E-state index contributed by atoms with van der Waals surface area (Å²) in [4.78, 5) is 25.0. The average molecular weight is 352 g/mol. The van der Waals surface area contributed by atoms with Gasteiger partial charge in [0.15, 0.2) is 0 Å². The number of carboxylic acids is 1. The second-order valence-electron chi connectivity index (χ2n) is 6.23. The van der Waals surface area contributed by atoms with E-state index in [2.05, 4.69) is 0 Å². The lowest BCUT2D eigenvalue weighted by Crippen LogP contribution is -2.47. The molecule has 8 heteroatoms. The van der Waals surface area contributed by atoms with Crippen LogP contribution in [0.25, 0.3) is 0 Å². The molecule has 1 N–H and O–H groups in total.